The highest BCUT2D eigenvalue weighted by Crippen LogP contribution is 2.28. The zero-order valence-corrected chi connectivity index (χ0v) is 11.4. The van der Waals surface area contributed by atoms with Crippen molar-refractivity contribution in [2.24, 2.45) is 11.8 Å². The van der Waals surface area contributed by atoms with Crippen LogP contribution in [0.5, 0.6) is 0 Å². The summed E-state index contributed by atoms with van der Waals surface area (Å²) in [7, 11) is 0. The fraction of sp³-hybridized carbons (Fsp3) is 1.00. The Kier molecular flexibility index (Phi) is 6.74. The molecule has 0 aromatic carbocycles. The largest absolute Gasteiger partial charge is 0.313 e. The third-order valence-corrected chi connectivity index (χ3v) is 4.31. The van der Waals surface area contributed by atoms with E-state index in [1.165, 1.54) is 44.4 Å². The summed E-state index contributed by atoms with van der Waals surface area (Å²) in [6, 6.07) is 0.806. The first-order chi connectivity index (χ1) is 7.24. The third kappa shape index (κ3) is 5.26. The van der Waals surface area contributed by atoms with Crippen molar-refractivity contribution in [1.29, 1.82) is 0 Å². The van der Waals surface area contributed by atoms with Crippen LogP contribution in [0.25, 0.3) is 0 Å². The molecule has 0 aromatic heterocycles. The lowest BCUT2D eigenvalue weighted by atomic mass is 9.89. The van der Waals surface area contributed by atoms with E-state index in [0.29, 0.717) is 0 Å². The second-order valence-electron chi connectivity index (χ2n) is 5.16. The molecule has 0 heterocycles. The summed E-state index contributed by atoms with van der Waals surface area (Å²) < 4.78 is 0. The normalized spacial score (nSPS) is 28.0. The number of nitrogens with one attached hydrogen (secondary N) is 1. The van der Waals surface area contributed by atoms with Crippen LogP contribution in [0.15, 0.2) is 0 Å². The average molecular weight is 229 g/mol. The fourth-order valence-electron chi connectivity index (χ4n) is 2.57. The van der Waals surface area contributed by atoms with Crippen molar-refractivity contribution in [3.8, 4) is 0 Å². The predicted molar refractivity (Wildman–Crippen MR) is 71.6 cm³/mol. The monoisotopic (exact) mass is 229 g/mol. The summed E-state index contributed by atoms with van der Waals surface area (Å²) >= 11 is 1.94. The van der Waals surface area contributed by atoms with Crippen molar-refractivity contribution in [3.05, 3.63) is 0 Å². The SMILES string of the molecule is CSCCNC1CCCC(C(C)C)CC1. The molecule has 2 unspecified atom stereocenters. The summed E-state index contributed by atoms with van der Waals surface area (Å²) in [6.45, 7) is 5.95. The third-order valence-electron chi connectivity index (χ3n) is 3.70. The number of rotatable bonds is 5. The molecule has 1 N–H and O–H groups in total. The van der Waals surface area contributed by atoms with Gasteiger partial charge in [0.15, 0.2) is 0 Å². The zero-order chi connectivity index (χ0) is 11.1. The average Bonchev–Trinajstić information content (AvgIpc) is 2.44. The molecule has 0 amide bonds. The van der Waals surface area contributed by atoms with Gasteiger partial charge in [-0.15, -0.1) is 0 Å². The topological polar surface area (TPSA) is 12.0 Å². The van der Waals surface area contributed by atoms with Crippen LogP contribution < -0.4 is 5.32 Å². The lowest BCUT2D eigenvalue weighted by molar-refractivity contribution is 0.338. The maximum atomic E-state index is 3.70. The van der Waals surface area contributed by atoms with Gasteiger partial charge in [-0.1, -0.05) is 26.7 Å². The zero-order valence-electron chi connectivity index (χ0n) is 10.6. The molecule has 2 atom stereocenters. The van der Waals surface area contributed by atoms with Gasteiger partial charge in [0, 0.05) is 18.3 Å². The molecule has 0 aliphatic heterocycles. The van der Waals surface area contributed by atoms with Crippen LogP contribution in [-0.2, 0) is 0 Å². The summed E-state index contributed by atoms with van der Waals surface area (Å²) in [5.74, 6) is 3.12. The minimum atomic E-state index is 0.806. The number of hydrogen-bond donors (Lipinski definition) is 1. The van der Waals surface area contributed by atoms with E-state index in [1.807, 2.05) is 11.8 Å². The number of hydrogen-bond acceptors (Lipinski definition) is 2. The molecule has 0 bridgehead atoms. The van der Waals surface area contributed by atoms with Gasteiger partial charge in [0.05, 0.1) is 0 Å². The molecule has 1 fully saturated rings. The summed E-state index contributed by atoms with van der Waals surface area (Å²) in [5.41, 5.74) is 0. The van der Waals surface area contributed by atoms with Gasteiger partial charge in [0.1, 0.15) is 0 Å². The minimum absolute atomic E-state index is 0.806. The highest BCUT2D eigenvalue weighted by molar-refractivity contribution is 7.98. The van der Waals surface area contributed by atoms with Crippen molar-refractivity contribution in [2.45, 2.75) is 52.0 Å². The standard InChI is InChI=1S/C13H27NS/c1-11(2)12-5-4-6-13(8-7-12)14-9-10-15-3/h11-14H,4-10H2,1-3H3. The van der Waals surface area contributed by atoms with Crippen molar-refractivity contribution in [3.63, 3.8) is 0 Å². The first kappa shape index (κ1) is 13.4. The highest BCUT2D eigenvalue weighted by Gasteiger charge is 2.20. The van der Waals surface area contributed by atoms with Gasteiger partial charge in [0.25, 0.3) is 0 Å². The molecule has 90 valence electrons. The maximum absolute atomic E-state index is 3.70. The molecule has 1 nitrogen and oxygen atoms in total. The van der Waals surface area contributed by atoms with Crippen LogP contribution in [0.1, 0.15) is 46.0 Å². The van der Waals surface area contributed by atoms with Gasteiger partial charge in [-0.3, -0.25) is 0 Å². The molecule has 0 radical (unpaired) electrons. The van der Waals surface area contributed by atoms with Gasteiger partial charge in [-0.25, -0.2) is 0 Å². The second kappa shape index (κ2) is 7.56. The Morgan fingerprint density at radius 3 is 2.67 bits per heavy atom. The fourth-order valence-corrected chi connectivity index (χ4v) is 2.89. The van der Waals surface area contributed by atoms with Gasteiger partial charge in [-0.2, -0.15) is 11.8 Å². The van der Waals surface area contributed by atoms with Gasteiger partial charge < -0.3 is 5.32 Å². The Labute approximate surface area is 99.8 Å². The predicted octanol–water partition coefficient (Wildman–Crippen LogP) is 3.54. The molecule has 0 spiro atoms. The van der Waals surface area contributed by atoms with Crippen molar-refractivity contribution >= 4 is 11.8 Å². The smallest absolute Gasteiger partial charge is 0.00675 e. The number of thioether (sulfide) groups is 1. The van der Waals surface area contributed by atoms with Crippen LogP contribution in [0, 0.1) is 11.8 Å². The molecular weight excluding hydrogens is 202 g/mol. The van der Waals surface area contributed by atoms with Gasteiger partial charge >= 0.3 is 0 Å². The first-order valence-corrected chi connectivity index (χ1v) is 7.85. The molecule has 15 heavy (non-hydrogen) atoms. The van der Waals surface area contributed by atoms with E-state index >= 15 is 0 Å². The Hall–Kier alpha value is 0.310. The quantitative estimate of drug-likeness (QED) is 0.571. The molecule has 2 heteroatoms. The molecule has 1 rings (SSSR count). The molecule has 1 aliphatic carbocycles. The van der Waals surface area contributed by atoms with E-state index in [4.69, 9.17) is 0 Å². The molecule has 0 saturated heterocycles. The van der Waals surface area contributed by atoms with Crippen LogP contribution in [0.4, 0.5) is 0 Å². The van der Waals surface area contributed by atoms with Gasteiger partial charge in [0.2, 0.25) is 0 Å². The van der Waals surface area contributed by atoms with E-state index in [1.54, 1.807) is 0 Å². The van der Waals surface area contributed by atoms with Crippen molar-refractivity contribution in [1.82, 2.24) is 5.32 Å². The van der Waals surface area contributed by atoms with E-state index in [2.05, 4.69) is 25.4 Å². The van der Waals surface area contributed by atoms with Crippen molar-refractivity contribution in [2.75, 3.05) is 18.6 Å². The van der Waals surface area contributed by atoms with Gasteiger partial charge in [-0.05, 0) is 37.4 Å². The van der Waals surface area contributed by atoms with E-state index in [-0.39, 0.29) is 0 Å². The molecule has 1 aliphatic rings. The Bertz CT molecular complexity index is 159. The van der Waals surface area contributed by atoms with Crippen LogP contribution >= 0.6 is 11.8 Å². The molecule has 1 saturated carbocycles. The van der Waals surface area contributed by atoms with E-state index in [0.717, 1.165) is 17.9 Å². The summed E-state index contributed by atoms with van der Waals surface area (Å²) in [6.07, 6.45) is 9.31. The lowest BCUT2D eigenvalue weighted by Crippen LogP contribution is -2.30. The van der Waals surface area contributed by atoms with Crippen LogP contribution in [0.3, 0.4) is 0 Å². The maximum Gasteiger partial charge on any atom is 0.00675 e. The van der Waals surface area contributed by atoms with E-state index < -0.39 is 0 Å². The Morgan fingerprint density at radius 2 is 2.00 bits per heavy atom. The minimum Gasteiger partial charge on any atom is -0.313 e. The second-order valence-corrected chi connectivity index (χ2v) is 6.14. The Balaban J connectivity index is 2.20. The lowest BCUT2D eigenvalue weighted by Gasteiger charge is -2.19. The van der Waals surface area contributed by atoms with Crippen molar-refractivity contribution < 1.29 is 0 Å². The highest BCUT2D eigenvalue weighted by atomic mass is 32.2. The van der Waals surface area contributed by atoms with E-state index in [9.17, 15) is 0 Å². The first-order valence-electron chi connectivity index (χ1n) is 6.46. The van der Waals surface area contributed by atoms with Crippen LogP contribution in [0.2, 0.25) is 0 Å². The van der Waals surface area contributed by atoms with Crippen LogP contribution in [-0.4, -0.2) is 24.6 Å². The molecular formula is C13H27NS. The molecule has 0 aromatic rings. The Morgan fingerprint density at radius 1 is 1.20 bits per heavy atom. The summed E-state index contributed by atoms with van der Waals surface area (Å²) in [5, 5.41) is 3.70. The summed E-state index contributed by atoms with van der Waals surface area (Å²) in [4.78, 5) is 0.